The van der Waals surface area contributed by atoms with Crippen molar-refractivity contribution in [2.24, 2.45) is 0 Å². The zero-order valence-corrected chi connectivity index (χ0v) is 18.3. The van der Waals surface area contributed by atoms with Crippen molar-refractivity contribution in [1.29, 1.82) is 0 Å². The molecule has 0 aliphatic carbocycles. The lowest BCUT2D eigenvalue weighted by atomic mass is 9.80. The zero-order chi connectivity index (χ0) is 25.1. The maximum Gasteiger partial charge on any atom is 0.326 e. The van der Waals surface area contributed by atoms with Gasteiger partial charge < -0.3 is 10.4 Å². The fraction of sp³-hybridized carbons (Fsp3) is 0.115. The molecule has 1 unspecified atom stereocenters. The summed E-state index contributed by atoms with van der Waals surface area (Å²) in [6, 6.07) is 11.5. The molecule has 0 fully saturated rings. The van der Waals surface area contributed by atoms with Crippen LogP contribution in [0.4, 0.5) is 23.2 Å². The van der Waals surface area contributed by atoms with E-state index in [1.54, 1.807) is 19.2 Å². The third-order valence-corrected chi connectivity index (χ3v) is 5.36. The van der Waals surface area contributed by atoms with Gasteiger partial charge in [-0.3, -0.25) is 4.98 Å². The predicted molar refractivity (Wildman–Crippen MR) is 121 cm³/mol. The number of hydrogen-bond acceptors (Lipinski definition) is 5. The molecule has 4 aromatic rings. The summed E-state index contributed by atoms with van der Waals surface area (Å²) in [4.78, 5) is 11.1. The molecule has 2 aromatic carbocycles. The van der Waals surface area contributed by atoms with Gasteiger partial charge in [-0.25, -0.2) is 18.7 Å². The number of halogens is 4. The van der Waals surface area contributed by atoms with Gasteiger partial charge in [0, 0.05) is 59.6 Å². The Morgan fingerprint density at radius 1 is 0.857 bits per heavy atom. The highest BCUT2D eigenvalue weighted by Gasteiger charge is 2.58. The summed E-state index contributed by atoms with van der Waals surface area (Å²) in [5, 5.41) is 14.3. The standard InChI is InChI=1S/C26H18F4N4O/c1-31-21-8-4-17(5-9-21)2-3-18-6-11-24(34-13-18)26(29,30)25(35,19-14-32-16-33-15-19)22-10-7-20(27)12-23(22)28/h4-16,31,35H,1H3. The van der Waals surface area contributed by atoms with Crippen LogP contribution in [0, 0.1) is 23.5 Å². The molecule has 35 heavy (non-hydrogen) atoms. The molecule has 2 heterocycles. The van der Waals surface area contributed by atoms with E-state index < -0.39 is 40.0 Å². The van der Waals surface area contributed by atoms with Gasteiger partial charge in [-0.05, 0) is 48.5 Å². The molecular formula is C26H18F4N4O. The molecule has 176 valence electrons. The van der Waals surface area contributed by atoms with E-state index in [2.05, 4.69) is 32.1 Å². The van der Waals surface area contributed by atoms with Gasteiger partial charge in [0.2, 0.25) is 0 Å². The van der Waals surface area contributed by atoms with E-state index in [-0.39, 0.29) is 0 Å². The molecule has 0 saturated heterocycles. The van der Waals surface area contributed by atoms with Crippen molar-refractivity contribution in [3.63, 3.8) is 0 Å². The minimum atomic E-state index is -4.16. The number of aromatic nitrogens is 3. The smallest absolute Gasteiger partial charge is 0.326 e. The van der Waals surface area contributed by atoms with Crippen LogP contribution in [-0.4, -0.2) is 27.1 Å². The van der Waals surface area contributed by atoms with E-state index in [1.165, 1.54) is 6.07 Å². The van der Waals surface area contributed by atoms with E-state index in [0.717, 1.165) is 48.8 Å². The lowest BCUT2D eigenvalue weighted by molar-refractivity contribution is -0.175. The Morgan fingerprint density at radius 3 is 2.11 bits per heavy atom. The van der Waals surface area contributed by atoms with Crippen molar-refractivity contribution in [1.82, 2.24) is 15.0 Å². The molecular weight excluding hydrogens is 460 g/mol. The molecule has 5 nitrogen and oxygen atoms in total. The monoisotopic (exact) mass is 478 g/mol. The maximum atomic E-state index is 15.8. The van der Waals surface area contributed by atoms with Crippen molar-refractivity contribution in [3.05, 3.63) is 119 Å². The molecule has 0 spiro atoms. The number of nitrogens with one attached hydrogen (secondary N) is 1. The predicted octanol–water partition coefficient (Wildman–Crippen LogP) is 4.62. The topological polar surface area (TPSA) is 70.9 Å². The number of rotatable bonds is 5. The average molecular weight is 478 g/mol. The van der Waals surface area contributed by atoms with Gasteiger partial charge in [0.15, 0.2) is 5.60 Å². The van der Waals surface area contributed by atoms with Gasteiger partial charge in [0.1, 0.15) is 23.7 Å². The molecule has 0 saturated carbocycles. The van der Waals surface area contributed by atoms with E-state index in [0.29, 0.717) is 17.2 Å². The Kier molecular flexibility index (Phi) is 6.49. The first-order valence-electron chi connectivity index (χ1n) is 10.3. The zero-order valence-electron chi connectivity index (χ0n) is 18.3. The summed E-state index contributed by atoms with van der Waals surface area (Å²) in [6.07, 6.45) is 4.06. The minimum Gasteiger partial charge on any atom is -0.388 e. The molecule has 2 aromatic heterocycles. The van der Waals surface area contributed by atoms with Crippen LogP contribution in [0.5, 0.6) is 0 Å². The van der Waals surface area contributed by atoms with Crippen LogP contribution in [-0.2, 0) is 11.5 Å². The molecule has 0 aliphatic heterocycles. The van der Waals surface area contributed by atoms with Gasteiger partial charge in [0.25, 0.3) is 0 Å². The number of hydrogen-bond donors (Lipinski definition) is 2. The summed E-state index contributed by atoms with van der Waals surface area (Å²) in [5.74, 6) is -0.762. The second kappa shape index (κ2) is 9.52. The van der Waals surface area contributed by atoms with Gasteiger partial charge >= 0.3 is 5.92 Å². The molecule has 2 N–H and O–H groups in total. The highest BCUT2D eigenvalue weighted by molar-refractivity contribution is 5.50. The normalized spacial score (nSPS) is 12.9. The average Bonchev–Trinajstić information content (AvgIpc) is 2.88. The van der Waals surface area contributed by atoms with Crippen molar-refractivity contribution in [2.45, 2.75) is 11.5 Å². The minimum absolute atomic E-state index is 0.349. The Balaban J connectivity index is 1.73. The molecule has 9 heteroatoms. The summed E-state index contributed by atoms with van der Waals surface area (Å²) in [6.45, 7) is 0. The molecule has 0 amide bonds. The number of nitrogens with zero attached hydrogens (tertiary/aromatic N) is 3. The number of pyridine rings is 1. The van der Waals surface area contributed by atoms with Crippen molar-refractivity contribution in [2.75, 3.05) is 12.4 Å². The highest BCUT2D eigenvalue weighted by atomic mass is 19.3. The van der Waals surface area contributed by atoms with Crippen LogP contribution < -0.4 is 5.32 Å². The van der Waals surface area contributed by atoms with Gasteiger partial charge in [-0.15, -0.1) is 0 Å². The molecule has 1 atom stereocenters. The quantitative estimate of drug-likeness (QED) is 0.324. The van der Waals surface area contributed by atoms with Gasteiger partial charge in [-0.1, -0.05) is 11.8 Å². The first-order chi connectivity index (χ1) is 16.8. The molecule has 0 bridgehead atoms. The number of benzene rings is 2. The van der Waals surface area contributed by atoms with Crippen LogP contribution in [0.15, 0.2) is 79.5 Å². The highest BCUT2D eigenvalue weighted by Crippen LogP contribution is 2.49. The number of aliphatic hydroxyl groups is 1. The second-order valence-corrected chi connectivity index (χ2v) is 7.55. The first kappa shape index (κ1) is 23.9. The fourth-order valence-corrected chi connectivity index (χ4v) is 3.48. The van der Waals surface area contributed by atoms with Crippen LogP contribution >= 0.6 is 0 Å². The van der Waals surface area contributed by atoms with Crippen molar-refractivity contribution < 1.29 is 22.7 Å². The SMILES string of the molecule is CNc1ccc(C#Cc2ccc(C(F)(F)C(O)(c3cncnc3)c3ccc(F)cc3F)nc2)cc1. The lowest BCUT2D eigenvalue weighted by Gasteiger charge is -2.36. The summed E-state index contributed by atoms with van der Waals surface area (Å²) < 4.78 is 59.8. The summed E-state index contributed by atoms with van der Waals surface area (Å²) >= 11 is 0. The van der Waals surface area contributed by atoms with Crippen molar-refractivity contribution >= 4 is 5.69 Å². The lowest BCUT2D eigenvalue weighted by Crippen LogP contribution is -2.45. The maximum absolute atomic E-state index is 15.8. The van der Waals surface area contributed by atoms with Crippen LogP contribution in [0.2, 0.25) is 0 Å². The fourth-order valence-electron chi connectivity index (χ4n) is 3.48. The van der Waals surface area contributed by atoms with Crippen LogP contribution in [0.3, 0.4) is 0 Å². The van der Waals surface area contributed by atoms with E-state index in [1.807, 2.05) is 12.1 Å². The number of anilines is 1. The first-order valence-corrected chi connectivity index (χ1v) is 10.3. The summed E-state index contributed by atoms with van der Waals surface area (Å²) in [5.41, 5.74) is -3.50. The molecule has 0 radical (unpaired) electrons. The Hall–Kier alpha value is -4.29. The molecule has 4 rings (SSSR count). The van der Waals surface area contributed by atoms with E-state index in [9.17, 15) is 13.9 Å². The largest absolute Gasteiger partial charge is 0.388 e. The third kappa shape index (κ3) is 4.56. The van der Waals surface area contributed by atoms with Crippen LogP contribution in [0.1, 0.15) is 27.9 Å². The van der Waals surface area contributed by atoms with E-state index in [4.69, 9.17) is 0 Å². The van der Waals surface area contributed by atoms with E-state index >= 15 is 8.78 Å². The molecule has 0 aliphatic rings. The van der Waals surface area contributed by atoms with Crippen LogP contribution in [0.25, 0.3) is 0 Å². The Labute approximate surface area is 198 Å². The van der Waals surface area contributed by atoms with Gasteiger partial charge in [0.05, 0.1) is 0 Å². The Morgan fingerprint density at radius 2 is 1.51 bits per heavy atom. The number of alkyl halides is 2. The Bertz CT molecular complexity index is 1390. The second-order valence-electron chi connectivity index (χ2n) is 7.55. The summed E-state index contributed by atoms with van der Waals surface area (Å²) in [7, 11) is 1.79. The van der Waals surface area contributed by atoms with Gasteiger partial charge in [-0.2, -0.15) is 8.78 Å². The van der Waals surface area contributed by atoms with Crippen molar-refractivity contribution in [3.8, 4) is 11.8 Å². The third-order valence-electron chi connectivity index (χ3n) is 5.36.